The van der Waals surface area contributed by atoms with Crippen LogP contribution in [0.15, 0.2) is 30.5 Å². The molecule has 0 fully saturated rings. The SMILES string of the molecule is CCOC(=O)n1ccc2cc(C(C)=O)ccc21. The van der Waals surface area contributed by atoms with E-state index in [0.717, 1.165) is 10.9 Å². The Bertz CT molecular complexity index is 583. The largest absolute Gasteiger partial charge is 0.449 e. The molecule has 0 spiro atoms. The Labute approximate surface area is 98.8 Å². The Hall–Kier alpha value is -2.10. The molecule has 0 aliphatic rings. The zero-order chi connectivity index (χ0) is 12.4. The van der Waals surface area contributed by atoms with Crippen LogP contribution in [-0.4, -0.2) is 23.1 Å². The van der Waals surface area contributed by atoms with Gasteiger partial charge in [-0.15, -0.1) is 0 Å². The minimum Gasteiger partial charge on any atom is -0.449 e. The van der Waals surface area contributed by atoms with Gasteiger partial charge in [-0.2, -0.15) is 0 Å². The molecule has 0 aliphatic heterocycles. The molecule has 0 radical (unpaired) electrons. The summed E-state index contributed by atoms with van der Waals surface area (Å²) in [6.07, 6.45) is 1.24. The lowest BCUT2D eigenvalue weighted by atomic mass is 10.1. The van der Waals surface area contributed by atoms with Crippen molar-refractivity contribution < 1.29 is 14.3 Å². The molecule has 0 saturated carbocycles. The van der Waals surface area contributed by atoms with E-state index in [2.05, 4.69) is 0 Å². The molecule has 0 bridgehead atoms. The van der Waals surface area contributed by atoms with Crippen molar-refractivity contribution in [3.05, 3.63) is 36.0 Å². The number of rotatable bonds is 2. The second kappa shape index (κ2) is 4.41. The van der Waals surface area contributed by atoms with E-state index in [4.69, 9.17) is 4.74 Å². The fraction of sp³-hybridized carbons (Fsp3) is 0.231. The van der Waals surface area contributed by atoms with Gasteiger partial charge >= 0.3 is 6.09 Å². The van der Waals surface area contributed by atoms with Crippen LogP contribution in [0, 0.1) is 0 Å². The van der Waals surface area contributed by atoms with Crippen LogP contribution in [0.3, 0.4) is 0 Å². The topological polar surface area (TPSA) is 48.3 Å². The monoisotopic (exact) mass is 231 g/mol. The predicted octanol–water partition coefficient (Wildman–Crippen LogP) is 2.85. The Morgan fingerprint density at radius 3 is 2.71 bits per heavy atom. The number of Topliss-reactive ketones (excluding diaryl/α,β-unsaturated/α-hetero) is 1. The van der Waals surface area contributed by atoms with Crippen LogP contribution in [0.25, 0.3) is 10.9 Å². The Balaban J connectivity index is 2.48. The highest BCUT2D eigenvalue weighted by Crippen LogP contribution is 2.18. The van der Waals surface area contributed by atoms with E-state index in [1.54, 1.807) is 37.4 Å². The predicted molar refractivity (Wildman–Crippen MR) is 64.4 cm³/mol. The normalized spacial score (nSPS) is 10.5. The van der Waals surface area contributed by atoms with Gasteiger partial charge < -0.3 is 4.74 Å². The summed E-state index contributed by atoms with van der Waals surface area (Å²) < 4.78 is 6.36. The Morgan fingerprint density at radius 1 is 1.29 bits per heavy atom. The third kappa shape index (κ3) is 2.06. The summed E-state index contributed by atoms with van der Waals surface area (Å²) in [7, 11) is 0. The van der Waals surface area contributed by atoms with Crippen LogP contribution in [0.1, 0.15) is 24.2 Å². The maximum atomic E-state index is 11.6. The standard InChI is InChI=1S/C13H13NO3/c1-3-17-13(16)14-7-6-11-8-10(9(2)15)4-5-12(11)14/h4-8H,3H2,1-2H3. The van der Waals surface area contributed by atoms with Crippen LogP contribution in [0.2, 0.25) is 0 Å². The molecule has 0 saturated heterocycles. The van der Waals surface area contributed by atoms with Gasteiger partial charge in [-0.1, -0.05) is 0 Å². The minimum absolute atomic E-state index is 0.00999. The van der Waals surface area contributed by atoms with Gasteiger partial charge in [0.15, 0.2) is 5.78 Å². The number of carbonyl (C=O) groups excluding carboxylic acids is 2. The first-order valence-electron chi connectivity index (χ1n) is 5.42. The first-order chi connectivity index (χ1) is 8.13. The van der Waals surface area contributed by atoms with E-state index >= 15 is 0 Å². The number of hydrogen-bond acceptors (Lipinski definition) is 3. The van der Waals surface area contributed by atoms with Gasteiger partial charge in [0.1, 0.15) is 0 Å². The van der Waals surface area contributed by atoms with Crippen LogP contribution >= 0.6 is 0 Å². The number of nitrogens with zero attached hydrogens (tertiary/aromatic N) is 1. The summed E-state index contributed by atoms with van der Waals surface area (Å²) in [4.78, 5) is 22.8. The van der Waals surface area contributed by atoms with Crippen molar-refractivity contribution in [2.45, 2.75) is 13.8 Å². The lowest BCUT2D eigenvalue weighted by molar-refractivity contribution is 0.101. The van der Waals surface area contributed by atoms with Gasteiger partial charge in [0.25, 0.3) is 0 Å². The molecule has 88 valence electrons. The molecule has 1 aromatic heterocycles. The van der Waals surface area contributed by atoms with E-state index < -0.39 is 6.09 Å². The molecule has 4 heteroatoms. The maximum absolute atomic E-state index is 11.6. The number of carbonyl (C=O) groups is 2. The summed E-state index contributed by atoms with van der Waals surface area (Å²) in [6.45, 7) is 3.62. The number of ether oxygens (including phenoxy) is 1. The van der Waals surface area contributed by atoms with Crippen molar-refractivity contribution in [2.24, 2.45) is 0 Å². The van der Waals surface area contributed by atoms with Gasteiger partial charge in [-0.05, 0) is 38.1 Å². The van der Waals surface area contributed by atoms with Crippen LogP contribution < -0.4 is 0 Å². The van der Waals surface area contributed by atoms with Crippen LogP contribution in [0.5, 0.6) is 0 Å². The molecule has 0 aliphatic carbocycles. The van der Waals surface area contributed by atoms with E-state index in [-0.39, 0.29) is 5.78 Å². The lowest BCUT2D eigenvalue weighted by Crippen LogP contribution is -2.11. The molecule has 1 heterocycles. The molecular formula is C13H13NO3. The fourth-order valence-corrected chi connectivity index (χ4v) is 1.71. The van der Waals surface area contributed by atoms with Crippen molar-refractivity contribution in [3.63, 3.8) is 0 Å². The second-order valence-electron chi connectivity index (χ2n) is 3.71. The number of ketones is 1. The highest BCUT2D eigenvalue weighted by molar-refractivity contribution is 5.99. The number of benzene rings is 1. The summed E-state index contributed by atoms with van der Waals surface area (Å²) in [5.41, 5.74) is 1.38. The Morgan fingerprint density at radius 2 is 2.06 bits per heavy atom. The number of fused-ring (bicyclic) bond motifs is 1. The van der Waals surface area contributed by atoms with E-state index in [1.807, 2.05) is 0 Å². The second-order valence-corrected chi connectivity index (χ2v) is 3.71. The molecule has 17 heavy (non-hydrogen) atoms. The first kappa shape index (κ1) is 11.4. The highest BCUT2D eigenvalue weighted by atomic mass is 16.5. The molecule has 2 aromatic rings. The highest BCUT2D eigenvalue weighted by Gasteiger charge is 2.10. The molecule has 2 rings (SSSR count). The van der Waals surface area contributed by atoms with Gasteiger partial charge in [-0.25, -0.2) is 4.79 Å². The van der Waals surface area contributed by atoms with Gasteiger partial charge in [0, 0.05) is 17.1 Å². The lowest BCUT2D eigenvalue weighted by Gasteiger charge is -2.04. The summed E-state index contributed by atoms with van der Waals surface area (Å²) >= 11 is 0. The quantitative estimate of drug-likeness (QED) is 0.747. The van der Waals surface area contributed by atoms with Crippen molar-refractivity contribution in [1.29, 1.82) is 0 Å². The first-order valence-corrected chi connectivity index (χ1v) is 5.42. The molecule has 1 aromatic carbocycles. The molecule has 0 atom stereocenters. The summed E-state index contributed by atoms with van der Waals surface area (Å²) in [6, 6.07) is 7.02. The van der Waals surface area contributed by atoms with Gasteiger partial charge in [-0.3, -0.25) is 9.36 Å². The average Bonchev–Trinajstić information content (AvgIpc) is 2.71. The molecule has 0 N–H and O–H groups in total. The number of aromatic nitrogens is 1. The van der Waals surface area contributed by atoms with Crippen molar-refractivity contribution in [3.8, 4) is 0 Å². The van der Waals surface area contributed by atoms with Gasteiger partial charge in [0.05, 0.1) is 12.1 Å². The Kier molecular flexibility index (Phi) is 2.95. The van der Waals surface area contributed by atoms with E-state index in [9.17, 15) is 9.59 Å². The molecule has 0 unspecified atom stereocenters. The number of hydrogen-bond donors (Lipinski definition) is 0. The molecule has 0 amide bonds. The third-order valence-corrected chi connectivity index (χ3v) is 2.56. The zero-order valence-electron chi connectivity index (χ0n) is 9.77. The van der Waals surface area contributed by atoms with E-state index in [1.165, 1.54) is 11.5 Å². The van der Waals surface area contributed by atoms with Crippen molar-refractivity contribution in [1.82, 2.24) is 4.57 Å². The smallest absolute Gasteiger partial charge is 0.418 e. The maximum Gasteiger partial charge on any atom is 0.418 e. The summed E-state index contributed by atoms with van der Waals surface area (Å²) in [5.74, 6) is 0.00999. The van der Waals surface area contributed by atoms with Crippen molar-refractivity contribution >= 4 is 22.8 Å². The average molecular weight is 231 g/mol. The third-order valence-electron chi connectivity index (χ3n) is 2.56. The zero-order valence-corrected chi connectivity index (χ0v) is 9.77. The summed E-state index contributed by atoms with van der Waals surface area (Å²) in [5, 5.41) is 0.853. The van der Waals surface area contributed by atoms with Crippen LogP contribution in [-0.2, 0) is 4.74 Å². The van der Waals surface area contributed by atoms with Gasteiger partial charge in [0.2, 0.25) is 0 Å². The fourth-order valence-electron chi connectivity index (χ4n) is 1.71. The van der Waals surface area contributed by atoms with Crippen LogP contribution in [0.4, 0.5) is 4.79 Å². The molecular weight excluding hydrogens is 218 g/mol. The van der Waals surface area contributed by atoms with E-state index in [0.29, 0.717) is 12.2 Å². The van der Waals surface area contributed by atoms with Crippen molar-refractivity contribution in [2.75, 3.05) is 6.61 Å². The minimum atomic E-state index is -0.405. The molecule has 4 nitrogen and oxygen atoms in total.